The summed E-state index contributed by atoms with van der Waals surface area (Å²) in [5.41, 5.74) is 2.46. The van der Waals surface area contributed by atoms with Crippen molar-refractivity contribution in [3.05, 3.63) is 130 Å². The molecular formula is C68H91Cl2N9O11S2. The Balaban J connectivity index is 0.000000189. The number of aryl methyl sites for hydroxylation is 2. The lowest BCUT2D eigenvalue weighted by Gasteiger charge is -2.33. The second-order valence-corrected chi connectivity index (χ2v) is 32.3. The van der Waals surface area contributed by atoms with Crippen molar-refractivity contribution in [1.82, 2.24) is 39.2 Å². The molecule has 20 nitrogen and oxygen atoms in total. The third kappa shape index (κ3) is 21.2. The van der Waals surface area contributed by atoms with Crippen molar-refractivity contribution in [1.29, 1.82) is 0 Å². The molecule has 1 saturated heterocycles. The van der Waals surface area contributed by atoms with E-state index in [2.05, 4.69) is 66.4 Å². The maximum Gasteiger partial charge on any atom is 0.410 e. The Kier molecular flexibility index (Phi) is 23.1. The van der Waals surface area contributed by atoms with Crippen LogP contribution in [0.25, 0.3) is 11.6 Å². The SMILES string of the molecule is CC(C)(C)OC(=O)N1CC(CCCCc2cccc(S(N)(=O)=O)c2)CC1(C)C.CC1(C)CCC(CCCCc2cccc(S(=O)(=O)NC(=O)c3ccc(-n4ccc(OCCC5(C)CC5)n4)nc3Cl)c2)C1.CC1(CCOc2ccn(-c3ccc(C(=O)O)c(Cl)n3)n2)CC1. The average Bonchev–Trinajstić information content (AvgIpc) is 1.39. The summed E-state index contributed by atoms with van der Waals surface area (Å²) in [5, 5.41) is 22.6. The molecule has 1 aliphatic heterocycles. The molecule has 2 unspecified atom stereocenters. The molecule has 92 heavy (non-hydrogen) atoms. The Hall–Kier alpha value is -6.59. The van der Waals surface area contributed by atoms with Crippen LogP contribution >= 0.6 is 23.2 Å². The molecule has 2 atom stereocenters. The maximum atomic E-state index is 13.1. The predicted molar refractivity (Wildman–Crippen MR) is 355 cm³/mol. The molecule has 500 valence electrons. The number of carboxylic acid groups (broad SMARTS) is 1. The number of aromatic carboxylic acids is 1. The molecule has 3 saturated carbocycles. The van der Waals surface area contributed by atoms with E-state index in [1.54, 1.807) is 60.9 Å². The number of primary sulfonamides is 1. The third-order valence-electron chi connectivity index (χ3n) is 17.8. The van der Waals surface area contributed by atoms with Crippen LogP contribution in [0.5, 0.6) is 11.8 Å². The number of hydrogen-bond acceptors (Lipinski definition) is 14. The number of halogens is 2. The zero-order valence-corrected chi connectivity index (χ0v) is 57.7. The van der Waals surface area contributed by atoms with Crippen molar-refractivity contribution < 1.29 is 50.5 Å². The van der Waals surface area contributed by atoms with E-state index in [9.17, 15) is 31.2 Å². The second-order valence-electron chi connectivity index (χ2n) is 28.3. The summed E-state index contributed by atoms with van der Waals surface area (Å²) in [6, 6.07) is 23.0. The van der Waals surface area contributed by atoms with Crippen LogP contribution in [0.4, 0.5) is 4.79 Å². The molecule has 4 fully saturated rings. The smallest absolute Gasteiger partial charge is 0.410 e. The molecule has 0 radical (unpaired) electrons. The Bertz CT molecular complexity index is 3780. The van der Waals surface area contributed by atoms with E-state index in [1.807, 2.05) is 37.8 Å². The number of nitrogens with two attached hydrogens (primary N) is 1. The quantitative estimate of drug-likeness (QED) is 0.0355. The van der Waals surface area contributed by atoms with E-state index in [0.717, 1.165) is 87.8 Å². The fourth-order valence-corrected chi connectivity index (χ4v) is 13.8. The zero-order chi connectivity index (χ0) is 66.9. The van der Waals surface area contributed by atoms with Gasteiger partial charge in [-0.2, -0.15) is 0 Å². The molecule has 10 rings (SSSR count). The lowest BCUT2D eigenvalue weighted by atomic mass is 9.89. The highest BCUT2D eigenvalue weighted by molar-refractivity contribution is 7.90. The van der Waals surface area contributed by atoms with E-state index < -0.39 is 37.5 Å². The van der Waals surface area contributed by atoms with Crippen LogP contribution in [0.3, 0.4) is 0 Å². The summed E-state index contributed by atoms with van der Waals surface area (Å²) in [6.45, 7) is 21.0. The number of nitrogens with one attached hydrogen (secondary N) is 1. The van der Waals surface area contributed by atoms with Crippen LogP contribution in [0.15, 0.2) is 107 Å². The number of amides is 2. The summed E-state index contributed by atoms with van der Waals surface area (Å²) >= 11 is 12.2. The van der Waals surface area contributed by atoms with E-state index in [4.69, 9.17) is 47.7 Å². The molecule has 24 heteroatoms. The average molecular weight is 1350 g/mol. The fourth-order valence-electron chi connectivity index (χ4n) is 11.7. The Morgan fingerprint density at radius 3 is 1.63 bits per heavy atom. The number of hydrogen-bond donors (Lipinski definition) is 3. The molecule has 2 aromatic carbocycles. The number of carbonyl (C=O) groups is 3. The first-order chi connectivity index (χ1) is 43.2. The van der Waals surface area contributed by atoms with Crippen LogP contribution in [-0.2, 0) is 37.6 Å². The fraction of sp³-hybridized carbons (Fsp3) is 0.544. The van der Waals surface area contributed by atoms with Gasteiger partial charge in [-0.15, -0.1) is 10.2 Å². The molecule has 0 spiro atoms. The molecular weight excluding hydrogens is 1250 g/mol. The molecule has 2 amide bonds. The van der Waals surface area contributed by atoms with Gasteiger partial charge in [0.15, 0.2) is 11.6 Å². The number of pyridine rings is 2. The summed E-state index contributed by atoms with van der Waals surface area (Å²) in [6.07, 6.45) is 23.0. The van der Waals surface area contributed by atoms with E-state index >= 15 is 0 Å². The minimum atomic E-state index is -4.10. The van der Waals surface area contributed by atoms with Gasteiger partial charge in [0.05, 0.1) is 34.1 Å². The van der Waals surface area contributed by atoms with Gasteiger partial charge in [-0.3, -0.25) is 4.79 Å². The molecule has 6 aromatic rings. The Morgan fingerprint density at radius 2 is 1.16 bits per heavy atom. The molecule has 4 N–H and O–H groups in total. The molecule has 4 aliphatic rings. The maximum absolute atomic E-state index is 13.1. The normalized spacial score (nSPS) is 18.4. The first kappa shape index (κ1) is 71.3. The van der Waals surface area contributed by atoms with Gasteiger partial charge in [-0.05, 0) is 219 Å². The van der Waals surface area contributed by atoms with Gasteiger partial charge < -0.3 is 24.2 Å². The van der Waals surface area contributed by atoms with Crippen molar-refractivity contribution in [3.8, 4) is 23.4 Å². The number of likely N-dealkylation sites (tertiary alicyclic amines) is 1. The van der Waals surface area contributed by atoms with Gasteiger partial charge in [0.25, 0.3) is 15.9 Å². The van der Waals surface area contributed by atoms with Crippen LogP contribution in [0.1, 0.15) is 197 Å². The van der Waals surface area contributed by atoms with Gasteiger partial charge in [0, 0.05) is 36.6 Å². The van der Waals surface area contributed by atoms with Crippen LogP contribution in [0, 0.1) is 28.1 Å². The van der Waals surface area contributed by atoms with Gasteiger partial charge in [0.2, 0.25) is 21.8 Å². The molecule has 5 heterocycles. The predicted octanol–water partition coefficient (Wildman–Crippen LogP) is 14.4. The molecule has 0 bridgehead atoms. The van der Waals surface area contributed by atoms with Crippen molar-refractivity contribution in [3.63, 3.8) is 0 Å². The van der Waals surface area contributed by atoms with Gasteiger partial charge in [-0.1, -0.05) is 94.4 Å². The number of unbranched alkanes of at least 4 members (excludes halogenated alkanes) is 2. The van der Waals surface area contributed by atoms with Crippen LogP contribution in [-0.4, -0.2) is 105 Å². The largest absolute Gasteiger partial charge is 0.478 e. The highest BCUT2D eigenvalue weighted by atomic mass is 35.5. The highest BCUT2D eigenvalue weighted by Gasteiger charge is 2.43. The number of carboxylic acids is 1. The van der Waals surface area contributed by atoms with E-state index in [1.165, 1.54) is 85.0 Å². The van der Waals surface area contributed by atoms with Crippen LogP contribution < -0.4 is 19.3 Å². The molecule has 4 aromatic heterocycles. The number of benzene rings is 2. The standard InChI is InChI=1S/C32H41ClN4O4S.C21H34N2O4S.C15H16ClN3O3/c1-31(2)15-13-24(22-31)8-5-4-7-23-9-6-10-25(21-23)42(39,40)36-30(38)26-11-12-27(34-29(26)33)37-19-14-28(35-37)41-20-18-32(3)16-17-32;1-20(2,3)27-19(24)23-15-17(14-21(23,4)5)10-7-6-9-16-11-8-12-18(13-16)28(22,25)26;1-15(5-6-15)7-9-22-12-4-8-19(18-12)11-3-2-10(14(20)21)13(16)17-11/h6,9-12,14,19,21,24H,4-5,7-8,13,15-18,20,22H2,1-3H3,(H,36,38);8,11-13,17H,6-7,9-10,14-15H2,1-5H3,(H2,22,25,26);2-4,8H,5-7,9H2,1H3,(H,20,21). The first-order valence-corrected chi connectivity index (χ1v) is 35.7. The third-order valence-corrected chi connectivity index (χ3v) is 20.6. The van der Waals surface area contributed by atoms with Crippen LogP contribution in [0.2, 0.25) is 10.3 Å². The first-order valence-electron chi connectivity index (χ1n) is 31.9. The van der Waals surface area contributed by atoms with Crippen molar-refractivity contribution in [2.45, 2.75) is 199 Å². The lowest BCUT2D eigenvalue weighted by Crippen LogP contribution is -2.45. The number of nitrogens with zero attached hydrogens (tertiary/aromatic N) is 7. The van der Waals surface area contributed by atoms with Crippen molar-refractivity contribution in [2.75, 3.05) is 19.8 Å². The van der Waals surface area contributed by atoms with Crippen molar-refractivity contribution >= 4 is 61.2 Å². The van der Waals surface area contributed by atoms with Gasteiger partial charge in [0.1, 0.15) is 15.9 Å². The number of ether oxygens (including phenoxy) is 3. The minimum Gasteiger partial charge on any atom is -0.478 e. The second kappa shape index (κ2) is 29.8. The minimum absolute atomic E-state index is 0.0354. The lowest BCUT2D eigenvalue weighted by molar-refractivity contribution is 0.0130. The monoisotopic (exact) mass is 1340 g/mol. The Labute approximate surface area is 552 Å². The van der Waals surface area contributed by atoms with Gasteiger partial charge in [-0.25, -0.2) is 55.6 Å². The van der Waals surface area contributed by atoms with Crippen molar-refractivity contribution in [2.24, 2.45) is 33.2 Å². The summed E-state index contributed by atoms with van der Waals surface area (Å²) in [5.74, 6) is 1.12. The zero-order valence-electron chi connectivity index (χ0n) is 54.6. The van der Waals surface area contributed by atoms with E-state index in [0.29, 0.717) is 58.8 Å². The number of sulfonamides is 2. The number of carbonyl (C=O) groups excluding carboxylic acids is 2. The summed E-state index contributed by atoms with van der Waals surface area (Å²) in [4.78, 5) is 46.7. The number of aromatic nitrogens is 6. The summed E-state index contributed by atoms with van der Waals surface area (Å²) in [7, 11) is -7.76. The topological polar surface area (TPSA) is 270 Å². The Morgan fingerprint density at radius 1 is 0.663 bits per heavy atom. The summed E-state index contributed by atoms with van der Waals surface area (Å²) < 4.78 is 71.1. The molecule has 3 aliphatic carbocycles. The number of rotatable bonds is 25. The highest BCUT2D eigenvalue weighted by Crippen LogP contribution is 2.49. The van der Waals surface area contributed by atoms with E-state index in [-0.39, 0.29) is 42.9 Å². The van der Waals surface area contributed by atoms with Gasteiger partial charge >= 0.3 is 12.1 Å².